The zero-order valence-electron chi connectivity index (χ0n) is 11.6. The predicted molar refractivity (Wildman–Crippen MR) is 77.6 cm³/mol. The fourth-order valence-electron chi connectivity index (χ4n) is 2.19. The number of nitrogens with zero attached hydrogens (tertiary/aromatic N) is 1. The maximum atomic E-state index is 12.0. The molecule has 1 aliphatic heterocycles. The molecule has 1 aliphatic rings. The monoisotopic (exact) mass is 284 g/mol. The highest BCUT2D eigenvalue weighted by molar-refractivity contribution is 7.20. The number of ether oxygens (including phenoxy) is 2. The van der Waals surface area contributed by atoms with Gasteiger partial charge in [0.2, 0.25) is 0 Å². The quantitative estimate of drug-likeness (QED) is 0.858. The second-order valence-electron chi connectivity index (χ2n) is 4.31. The first-order valence-corrected chi connectivity index (χ1v) is 7.31. The minimum Gasteiger partial charge on any atom is -0.462 e. The highest BCUT2D eigenvalue weighted by atomic mass is 32.1. The van der Waals surface area contributed by atoms with Crippen molar-refractivity contribution < 1.29 is 14.3 Å². The molecule has 106 valence electrons. The molecule has 0 aliphatic carbocycles. The van der Waals surface area contributed by atoms with Gasteiger partial charge in [0.1, 0.15) is 5.00 Å². The van der Waals surface area contributed by atoms with Gasteiger partial charge in [-0.15, -0.1) is 0 Å². The Bertz CT molecular complexity index is 453. The van der Waals surface area contributed by atoms with Crippen LogP contribution in [0.1, 0.15) is 22.8 Å². The van der Waals surface area contributed by atoms with Crippen molar-refractivity contribution in [2.45, 2.75) is 13.8 Å². The Hall–Kier alpha value is -1.27. The molecule has 0 unspecified atom stereocenters. The van der Waals surface area contributed by atoms with Crippen molar-refractivity contribution in [2.75, 3.05) is 50.2 Å². The SMILES string of the molecule is CCOC(=O)c1c(NC)sc(N2CCOCC2)c1C. The van der Waals surface area contributed by atoms with E-state index < -0.39 is 0 Å². The normalized spacial score (nSPS) is 15.4. The summed E-state index contributed by atoms with van der Waals surface area (Å²) in [7, 11) is 1.83. The van der Waals surface area contributed by atoms with E-state index in [1.54, 1.807) is 11.3 Å². The Morgan fingerprint density at radius 2 is 2.16 bits per heavy atom. The van der Waals surface area contributed by atoms with Crippen molar-refractivity contribution >= 4 is 27.3 Å². The molecule has 6 heteroatoms. The average molecular weight is 284 g/mol. The third-order valence-electron chi connectivity index (χ3n) is 3.13. The zero-order chi connectivity index (χ0) is 13.8. The third kappa shape index (κ3) is 2.84. The first kappa shape index (κ1) is 14.1. The van der Waals surface area contributed by atoms with E-state index >= 15 is 0 Å². The van der Waals surface area contributed by atoms with Crippen LogP contribution < -0.4 is 10.2 Å². The van der Waals surface area contributed by atoms with Crippen LogP contribution >= 0.6 is 11.3 Å². The van der Waals surface area contributed by atoms with Crippen LogP contribution in [0, 0.1) is 6.92 Å². The van der Waals surface area contributed by atoms with Gasteiger partial charge in [0, 0.05) is 25.7 Å². The maximum Gasteiger partial charge on any atom is 0.341 e. The van der Waals surface area contributed by atoms with Crippen LogP contribution in [0.25, 0.3) is 0 Å². The molecule has 0 atom stereocenters. The zero-order valence-corrected chi connectivity index (χ0v) is 12.4. The van der Waals surface area contributed by atoms with Gasteiger partial charge in [-0.1, -0.05) is 11.3 Å². The van der Waals surface area contributed by atoms with Gasteiger partial charge in [-0.2, -0.15) is 0 Å². The molecule has 1 saturated heterocycles. The smallest absolute Gasteiger partial charge is 0.341 e. The lowest BCUT2D eigenvalue weighted by atomic mass is 10.2. The molecule has 0 radical (unpaired) electrons. The van der Waals surface area contributed by atoms with Gasteiger partial charge < -0.3 is 19.7 Å². The molecule has 0 saturated carbocycles. The molecule has 19 heavy (non-hydrogen) atoms. The van der Waals surface area contributed by atoms with Crippen molar-refractivity contribution in [3.05, 3.63) is 11.1 Å². The Morgan fingerprint density at radius 3 is 2.74 bits per heavy atom. The lowest BCUT2D eigenvalue weighted by molar-refractivity contribution is 0.0527. The van der Waals surface area contributed by atoms with Crippen LogP contribution in [-0.4, -0.2) is 45.9 Å². The van der Waals surface area contributed by atoms with Gasteiger partial charge in [-0.25, -0.2) is 4.79 Å². The molecule has 1 N–H and O–H groups in total. The molecule has 2 heterocycles. The van der Waals surface area contributed by atoms with E-state index in [2.05, 4.69) is 10.2 Å². The van der Waals surface area contributed by atoms with E-state index in [0.717, 1.165) is 41.9 Å². The highest BCUT2D eigenvalue weighted by Crippen LogP contribution is 2.39. The van der Waals surface area contributed by atoms with E-state index in [9.17, 15) is 4.79 Å². The number of hydrogen-bond acceptors (Lipinski definition) is 6. The number of nitrogens with one attached hydrogen (secondary N) is 1. The van der Waals surface area contributed by atoms with E-state index in [1.807, 2.05) is 20.9 Å². The van der Waals surface area contributed by atoms with Crippen LogP contribution in [0.2, 0.25) is 0 Å². The first-order chi connectivity index (χ1) is 9.19. The summed E-state index contributed by atoms with van der Waals surface area (Å²) in [6, 6.07) is 0. The summed E-state index contributed by atoms with van der Waals surface area (Å²) in [5.74, 6) is -0.250. The van der Waals surface area contributed by atoms with Crippen LogP contribution in [0.5, 0.6) is 0 Å². The molecular weight excluding hydrogens is 264 g/mol. The highest BCUT2D eigenvalue weighted by Gasteiger charge is 2.25. The van der Waals surface area contributed by atoms with Gasteiger partial charge in [0.25, 0.3) is 0 Å². The van der Waals surface area contributed by atoms with Crippen molar-refractivity contribution in [1.29, 1.82) is 0 Å². The summed E-state index contributed by atoms with van der Waals surface area (Å²) >= 11 is 1.61. The molecule has 2 rings (SSSR count). The molecule has 0 spiro atoms. The Morgan fingerprint density at radius 1 is 1.47 bits per heavy atom. The van der Waals surface area contributed by atoms with Gasteiger partial charge in [0.05, 0.1) is 30.4 Å². The van der Waals surface area contributed by atoms with Crippen LogP contribution in [0.15, 0.2) is 0 Å². The number of rotatable bonds is 4. The number of carbonyl (C=O) groups is 1. The molecule has 1 aromatic rings. The molecule has 1 aromatic heterocycles. The Labute approximate surface area is 117 Å². The molecule has 0 bridgehead atoms. The molecule has 5 nitrogen and oxygen atoms in total. The van der Waals surface area contributed by atoms with Gasteiger partial charge in [-0.05, 0) is 13.8 Å². The molecule has 1 fully saturated rings. The van der Waals surface area contributed by atoms with Crippen LogP contribution in [-0.2, 0) is 9.47 Å². The minimum atomic E-state index is -0.250. The largest absolute Gasteiger partial charge is 0.462 e. The number of thiophene rings is 1. The molecule has 0 aromatic carbocycles. The summed E-state index contributed by atoms with van der Waals surface area (Å²) in [6.07, 6.45) is 0. The first-order valence-electron chi connectivity index (χ1n) is 6.50. The summed E-state index contributed by atoms with van der Waals surface area (Å²) in [5.41, 5.74) is 1.66. The van der Waals surface area contributed by atoms with Crippen LogP contribution in [0.4, 0.5) is 10.0 Å². The Balaban J connectivity index is 2.32. The van der Waals surface area contributed by atoms with Gasteiger partial charge >= 0.3 is 5.97 Å². The van der Waals surface area contributed by atoms with Crippen LogP contribution in [0.3, 0.4) is 0 Å². The summed E-state index contributed by atoms with van der Waals surface area (Å²) in [6.45, 7) is 7.40. The number of hydrogen-bond donors (Lipinski definition) is 1. The lowest BCUT2D eigenvalue weighted by Crippen LogP contribution is -2.36. The van der Waals surface area contributed by atoms with E-state index in [0.29, 0.717) is 12.2 Å². The topological polar surface area (TPSA) is 50.8 Å². The fourth-order valence-corrected chi connectivity index (χ4v) is 3.40. The maximum absolute atomic E-state index is 12.0. The number of esters is 1. The Kier molecular flexibility index (Phi) is 4.66. The fraction of sp³-hybridized carbons (Fsp3) is 0.615. The summed E-state index contributed by atoms with van der Waals surface area (Å²) in [4.78, 5) is 14.3. The second-order valence-corrected chi connectivity index (χ2v) is 5.31. The van der Waals surface area contributed by atoms with Gasteiger partial charge in [-0.3, -0.25) is 0 Å². The second kappa shape index (κ2) is 6.25. The molecular formula is C13H20N2O3S. The predicted octanol–water partition coefficient (Wildman–Crippen LogP) is 2.11. The summed E-state index contributed by atoms with van der Waals surface area (Å²) in [5, 5.41) is 5.10. The van der Waals surface area contributed by atoms with E-state index in [1.165, 1.54) is 0 Å². The number of anilines is 2. The van der Waals surface area contributed by atoms with Gasteiger partial charge in [0.15, 0.2) is 0 Å². The van der Waals surface area contributed by atoms with Crippen molar-refractivity contribution in [1.82, 2.24) is 0 Å². The lowest BCUT2D eigenvalue weighted by Gasteiger charge is -2.28. The van der Waals surface area contributed by atoms with Crippen molar-refractivity contribution in [2.24, 2.45) is 0 Å². The van der Waals surface area contributed by atoms with Crippen molar-refractivity contribution in [3.63, 3.8) is 0 Å². The van der Waals surface area contributed by atoms with Crippen molar-refractivity contribution in [3.8, 4) is 0 Å². The number of morpholine rings is 1. The molecule has 0 amide bonds. The van der Waals surface area contributed by atoms with E-state index in [-0.39, 0.29) is 5.97 Å². The average Bonchev–Trinajstić information content (AvgIpc) is 2.77. The summed E-state index contributed by atoms with van der Waals surface area (Å²) < 4.78 is 10.5. The standard InChI is InChI=1S/C13H20N2O3S/c1-4-18-13(16)10-9(2)12(19-11(10)14-3)15-5-7-17-8-6-15/h14H,4-8H2,1-3H3. The number of carbonyl (C=O) groups excluding carboxylic acids is 1. The minimum absolute atomic E-state index is 0.250. The third-order valence-corrected chi connectivity index (χ3v) is 4.50. The van der Waals surface area contributed by atoms with E-state index in [4.69, 9.17) is 9.47 Å².